The average Bonchev–Trinajstić information content (AvgIpc) is 2.45. The molecule has 0 radical (unpaired) electrons. The Hall–Kier alpha value is -1.20. The monoisotopic (exact) mass is 264 g/mol. The second-order valence-corrected chi connectivity index (χ2v) is 5.33. The maximum absolute atomic E-state index is 5.62. The zero-order chi connectivity index (χ0) is 13.7. The van der Waals surface area contributed by atoms with E-state index >= 15 is 0 Å². The van der Waals surface area contributed by atoms with Crippen LogP contribution in [0.3, 0.4) is 0 Å². The third-order valence-electron chi connectivity index (χ3n) is 3.70. The van der Waals surface area contributed by atoms with E-state index in [1.165, 1.54) is 0 Å². The van der Waals surface area contributed by atoms with Crippen LogP contribution in [0.1, 0.15) is 32.4 Å². The molecule has 1 atom stereocenters. The molecular weight excluding hydrogens is 240 g/mol. The maximum atomic E-state index is 5.62. The normalized spacial score (nSPS) is 23.6. The molecule has 0 aliphatic carbocycles. The number of anilines is 1. The van der Waals surface area contributed by atoms with Crippen LogP contribution < -0.4 is 10.2 Å². The molecule has 0 amide bonds. The van der Waals surface area contributed by atoms with Gasteiger partial charge >= 0.3 is 0 Å². The molecule has 2 heterocycles. The van der Waals surface area contributed by atoms with Gasteiger partial charge in [0.25, 0.3) is 0 Å². The summed E-state index contributed by atoms with van der Waals surface area (Å²) in [5, 5.41) is 3.28. The van der Waals surface area contributed by atoms with Crippen molar-refractivity contribution in [3.63, 3.8) is 0 Å². The Morgan fingerprint density at radius 1 is 1.47 bits per heavy atom. The van der Waals surface area contributed by atoms with Gasteiger partial charge < -0.3 is 15.0 Å². The van der Waals surface area contributed by atoms with Gasteiger partial charge in [-0.25, -0.2) is 4.98 Å². The molecule has 0 bridgehead atoms. The van der Waals surface area contributed by atoms with Crippen LogP contribution in [-0.2, 0) is 11.3 Å². The Labute approximate surface area is 115 Å². The zero-order valence-corrected chi connectivity index (χ0v) is 12.1. The second-order valence-electron chi connectivity index (χ2n) is 5.33. The van der Waals surface area contributed by atoms with Crippen molar-refractivity contribution in [2.75, 3.05) is 31.6 Å². The summed E-state index contributed by atoms with van der Waals surface area (Å²) in [6.45, 7) is 7.87. The fraction of sp³-hybridized carbons (Fsp3) is 0.714. The Kier molecular flexibility index (Phi) is 4.71. The Balaban J connectivity index is 2.08. The molecule has 1 aliphatic heterocycles. The van der Waals surface area contributed by atoms with Crippen LogP contribution in [0.15, 0.2) is 12.4 Å². The van der Waals surface area contributed by atoms with E-state index in [4.69, 9.17) is 4.74 Å². The van der Waals surface area contributed by atoms with E-state index in [0.29, 0.717) is 0 Å². The molecule has 0 spiro atoms. The first-order chi connectivity index (χ1) is 9.17. The summed E-state index contributed by atoms with van der Waals surface area (Å²) in [6.07, 6.45) is 5.90. The Morgan fingerprint density at radius 3 is 3.05 bits per heavy atom. The van der Waals surface area contributed by atoms with Crippen molar-refractivity contribution in [3.8, 4) is 0 Å². The van der Waals surface area contributed by atoms with E-state index in [1.54, 1.807) is 7.11 Å². The maximum Gasteiger partial charge on any atom is 0.147 e. The van der Waals surface area contributed by atoms with Crippen LogP contribution in [0.2, 0.25) is 0 Å². The van der Waals surface area contributed by atoms with Crippen LogP contribution in [-0.4, -0.2) is 42.3 Å². The van der Waals surface area contributed by atoms with Crippen LogP contribution in [0, 0.1) is 0 Å². The molecule has 1 aliphatic rings. The lowest BCUT2D eigenvalue weighted by Crippen LogP contribution is -2.47. The standard InChI is InChI=1S/C14H24N4O/c1-4-15-8-12-9-16-10-13(17-12)18-7-5-6-14(2,11-18)19-3/h9-10,15H,4-8,11H2,1-3H3. The largest absolute Gasteiger partial charge is 0.377 e. The van der Waals surface area contributed by atoms with Crippen molar-refractivity contribution in [2.45, 2.75) is 38.8 Å². The minimum Gasteiger partial charge on any atom is -0.377 e. The van der Waals surface area contributed by atoms with Gasteiger partial charge in [-0.05, 0) is 26.3 Å². The van der Waals surface area contributed by atoms with E-state index in [1.807, 2.05) is 12.4 Å². The lowest BCUT2D eigenvalue weighted by molar-refractivity contribution is -0.00483. The van der Waals surface area contributed by atoms with E-state index < -0.39 is 0 Å². The first kappa shape index (κ1) is 14.2. The van der Waals surface area contributed by atoms with Crippen LogP contribution in [0.4, 0.5) is 5.82 Å². The molecule has 0 aromatic carbocycles. The Morgan fingerprint density at radius 2 is 2.32 bits per heavy atom. The lowest BCUT2D eigenvalue weighted by atomic mass is 9.95. The number of rotatable bonds is 5. The summed E-state index contributed by atoms with van der Waals surface area (Å²) < 4.78 is 5.62. The quantitative estimate of drug-likeness (QED) is 0.875. The van der Waals surface area contributed by atoms with Gasteiger partial charge in [0.1, 0.15) is 5.82 Å². The van der Waals surface area contributed by atoms with Crippen molar-refractivity contribution in [1.29, 1.82) is 0 Å². The van der Waals surface area contributed by atoms with Crippen molar-refractivity contribution in [2.24, 2.45) is 0 Å². The van der Waals surface area contributed by atoms with Gasteiger partial charge in [0.05, 0.1) is 17.5 Å². The molecule has 1 saturated heterocycles. The molecule has 0 saturated carbocycles. The van der Waals surface area contributed by atoms with Crippen molar-refractivity contribution in [3.05, 3.63) is 18.1 Å². The third kappa shape index (κ3) is 3.64. The van der Waals surface area contributed by atoms with Gasteiger partial charge in [-0.15, -0.1) is 0 Å². The minimum atomic E-state index is -0.0718. The predicted molar refractivity (Wildman–Crippen MR) is 76.3 cm³/mol. The van der Waals surface area contributed by atoms with Crippen LogP contribution in [0.5, 0.6) is 0 Å². The molecule has 1 aromatic rings. The van der Waals surface area contributed by atoms with Crippen molar-refractivity contribution < 1.29 is 4.74 Å². The number of ether oxygens (including phenoxy) is 1. The second kappa shape index (κ2) is 6.30. The fourth-order valence-corrected chi connectivity index (χ4v) is 2.45. The summed E-state index contributed by atoms with van der Waals surface area (Å²) in [5.74, 6) is 0.957. The molecule has 1 N–H and O–H groups in total. The summed E-state index contributed by atoms with van der Waals surface area (Å²) >= 11 is 0. The van der Waals surface area contributed by atoms with Gasteiger partial charge in [-0.3, -0.25) is 4.98 Å². The first-order valence-corrected chi connectivity index (χ1v) is 6.98. The number of hydrogen-bond acceptors (Lipinski definition) is 5. The molecule has 5 nitrogen and oxygen atoms in total. The number of piperidine rings is 1. The van der Waals surface area contributed by atoms with Gasteiger partial charge in [-0.2, -0.15) is 0 Å². The van der Waals surface area contributed by atoms with Crippen LogP contribution >= 0.6 is 0 Å². The highest BCUT2D eigenvalue weighted by Gasteiger charge is 2.31. The molecular formula is C14H24N4O. The average molecular weight is 264 g/mol. The zero-order valence-electron chi connectivity index (χ0n) is 12.1. The molecule has 106 valence electrons. The summed E-state index contributed by atoms with van der Waals surface area (Å²) in [4.78, 5) is 11.3. The Bertz CT molecular complexity index is 412. The first-order valence-electron chi connectivity index (χ1n) is 6.98. The SMILES string of the molecule is CCNCc1cncc(N2CCCC(C)(OC)C2)n1. The van der Waals surface area contributed by atoms with Gasteiger partial charge in [0, 0.05) is 32.9 Å². The molecule has 1 unspecified atom stereocenters. The highest BCUT2D eigenvalue weighted by Crippen LogP contribution is 2.26. The van der Waals surface area contributed by atoms with E-state index in [-0.39, 0.29) is 5.60 Å². The van der Waals surface area contributed by atoms with E-state index in [9.17, 15) is 0 Å². The highest BCUT2D eigenvalue weighted by molar-refractivity contribution is 5.37. The van der Waals surface area contributed by atoms with E-state index in [0.717, 1.165) is 50.5 Å². The van der Waals surface area contributed by atoms with Crippen LogP contribution in [0.25, 0.3) is 0 Å². The molecule has 19 heavy (non-hydrogen) atoms. The van der Waals surface area contributed by atoms with Crippen molar-refractivity contribution in [1.82, 2.24) is 15.3 Å². The van der Waals surface area contributed by atoms with Gasteiger partial charge in [0.2, 0.25) is 0 Å². The summed E-state index contributed by atoms with van der Waals surface area (Å²) in [6, 6.07) is 0. The van der Waals surface area contributed by atoms with E-state index in [2.05, 4.69) is 34.0 Å². The fourth-order valence-electron chi connectivity index (χ4n) is 2.45. The smallest absolute Gasteiger partial charge is 0.147 e. The summed E-state index contributed by atoms with van der Waals surface area (Å²) in [5.41, 5.74) is 0.918. The highest BCUT2D eigenvalue weighted by atomic mass is 16.5. The van der Waals surface area contributed by atoms with Gasteiger partial charge in [-0.1, -0.05) is 6.92 Å². The molecule has 1 aromatic heterocycles. The number of nitrogens with zero attached hydrogens (tertiary/aromatic N) is 3. The molecule has 5 heteroatoms. The molecule has 1 fully saturated rings. The minimum absolute atomic E-state index is 0.0718. The molecule has 2 rings (SSSR count). The lowest BCUT2D eigenvalue weighted by Gasteiger charge is -2.40. The predicted octanol–water partition coefficient (Wildman–Crippen LogP) is 1.59. The third-order valence-corrected chi connectivity index (χ3v) is 3.70. The number of nitrogens with one attached hydrogen (secondary N) is 1. The topological polar surface area (TPSA) is 50.3 Å². The van der Waals surface area contributed by atoms with Crippen molar-refractivity contribution >= 4 is 5.82 Å². The van der Waals surface area contributed by atoms with Gasteiger partial charge in [0.15, 0.2) is 0 Å². The summed E-state index contributed by atoms with van der Waals surface area (Å²) in [7, 11) is 1.79. The number of hydrogen-bond donors (Lipinski definition) is 1. The number of aromatic nitrogens is 2. The number of methoxy groups -OCH3 is 1.